The second-order valence-corrected chi connectivity index (χ2v) is 4.31. The van der Waals surface area contributed by atoms with Crippen LogP contribution in [0.15, 0.2) is 0 Å². The second kappa shape index (κ2) is 5.38. The number of hydrogen-bond donors (Lipinski definition) is 1. The lowest BCUT2D eigenvalue weighted by Gasteiger charge is -2.27. The van der Waals surface area contributed by atoms with Crippen LogP contribution in [0.5, 0.6) is 0 Å². The minimum Gasteiger partial charge on any atom is -0.390 e. The van der Waals surface area contributed by atoms with E-state index in [2.05, 4.69) is 6.92 Å². The molecule has 0 aromatic rings. The van der Waals surface area contributed by atoms with Crippen molar-refractivity contribution in [3.8, 4) is 0 Å². The molecule has 0 amide bonds. The molecule has 1 atom stereocenters. The van der Waals surface area contributed by atoms with Crippen molar-refractivity contribution in [3.05, 3.63) is 0 Å². The molecule has 0 bridgehead atoms. The molecule has 2 heteroatoms. The number of ketones is 1. The summed E-state index contributed by atoms with van der Waals surface area (Å²) in [7, 11) is 0. The van der Waals surface area contributed by atoms with Crippen molar-refractivity contribution in [1.29, 1.82) is 0 Å². The summed E-state index contributed by atoms with van der Waals surface area (Å²) < 4.78 is 0. The van der Waals surface area contributed by atoms with Crippen LogP contribution in [0.3, 0.4) is 0 Å². The van der Waals surface area contributed by atoms with Gasteiger partial charge in [-0.3, -0.25) is 4.79 Å². The molecular weight excluding hydrogens is 164 g/mol. The summed E-state index contributed by atoms with van der Waals surface area (Å²) in [6.07, 6.45) is 4.13. The Kier molecular flexibility index (Phi) is 5.23. The molecule has 13 heavy (non-hydrogen) atoms. The molecule has 0 saturated heterocycles. The highest BCUT2D eigenvalue weighted by molar-refractivity contribution is 5.79. The van der Waals surface area contributed by atoms with Crippen LogP contribution in [-0.2, 0) is 4.79 Å². The van der Waals surface area contributed by atoms with Gasteiger partial charge >= 0.3 is 0 Å². The largest absolute Gasteiger partial charge is 0.390 e. The van der Waals surface area contributed by atoms with E-state index in [0.717, 1.165) is 25.7 Å². The molecule has 0 aromatic heterocycles. The number of rotatable bonds is 6. The Hall–Kier alpha value is -0.370. The first kappa shape index (κ1) is 12.6. The molecule has 0 heterocycles. The quantitative estimate of drug-likeness (QED) is 0.647. The van der Waals surface area contributed by atoms with Crippen LogP contribution in [-0.4, -0.2) is 16.5 Å². The van der Waals surface area contributed by atoms with Crippen LogP contribution < -0.4 is 0 Å². The average Bonchev–Trinajstić information content (AvgIpc) is 1.94. The van der Waals surface area contributed by atoms with Gasteiger partial charge < -0.3 is 5.11 Å². The Morgan fingerprint density at radius 2 is 1.92 bits per heavy atom. The highest BCUT2D eigenvalue weighted by atomic mass is 16.3. The van der Waals surface area contributed by atoms with E-state index in [1.807, 2.05) is 0 Å². The number of unbranched alkanes of at least 4 members (excludes halogenated alkanes) is 2. The zero-order valence-electron chi connectivity index (χ0n) is 9.26. The van der Waals surface area contributed by atoms with Crippen molar-refractivity contribution in [2.75, 3.05) is 0 Å². The highest BCUT2D eigenvalue weighted by Crippen LogP contribution is 2.23. The third-order valence-electron chi connectivity index (χ3n) is 2.44. The van der Waals surface area contributed by atoms with Crippen molar-refractivity contribution in [2.24, 2.45) is 5.92 Å². The molecular formula is C11H22O2. The highest BCUT2D eigenvalue weighted by Gasteiger charge is 2.29. The summed E-state index contributed by atoms with van der Waals surface area (Å²) >= 11 is 0. The third-order valence-corrected chi connectivity index (χ3v) is 2.44. The SMILES string of the molecule is CCCCCC(C(C)=O)C(C)(C)O. The minimum absolute atomic E-state index is 0.101. The maximum absolute atomic E-state index is 11.2. The Morgan fingerprint density at radius 1 is 1.38 bits per heavy atom. The standard InChI is InChI=1S/C11H22O2/c1-5-6-7-8-10(9(2)12)11(3,4)13/h10,13H,5-8H2,1-4H3. The number of carbonyl (C=O) groups is 1. The van der Waals surface area contributed by atoms with E-state index in [0.29, 0.717) is 0 Å². The van der Waals surface area contributed by atoms with Gasteiger partial charge in [0.2, 0.25) is 0 Å². The minimum atomic E-state index is -0.862. The van der Waals surface area contributed by atoms with Crippen molar-refractivity contribution in [1.82, 2.24) is 0 Å². The lowest BCUT2D eigenvalue weighted by molar-refractivity contribution is -0.128. The van der Waals surface area contributed by atoms with Gasteiger partial charge in [0.1, 0.15) is 5.78 Å². The fourth-order valence-corrected chi connectivity index (χ4v) is 1.65. The van der Waals surface area contributed by atoms with Gasteiger partial charge in [-0.2, -0.15) is 0 Å². The van der Waals surface area contributed by atoms with Crippen LogP contribution in [0.2, 0.25) is 0 Å². The van der Waals surface area contributed by atoms with E-state index >= 15 is 0 Å². The number of Topliss-reactive ketones (excluding diaryl/α,β-unsaturated/α-hetero) is 1. The Morgan fingerprint density at radius 3 is 2.23 bits per heavy atom. The molecule has 78 valence electrons. The summed E-state index contributed by atoms with van der Waals surface area (Å²) in [5.74, 6) is -0.0948. The van der Waals surface area contributed by atoms with E-state index in [-0.39, 0.29) is 11.7 Å². The van der Waals surface area contributed by atoms with Crippen molar-refractivity contribution in [3.63, 3.8) is 0 Å². The number of carbonyl (C=O) groups excluding carboxylic acids is 1. The molecule has 2 nitrogen and oxygen atoms in total. The average molecular weight is 186 g/mol. The van der Waals surface area contributed by atoms with Crippen LogP contribution in [0.25, 0.3) is 0 Å². The van der Waals surface area contributed by atoms with Gasteiger partial charge in [0, 0.05) is 5.92 Å². The van der Waals surface area contributed by atoms with E-state index in [1.165, 1.54) is 0 Å². The summed E-state index contributed by atoms with van der Waals surface area (Å²) in [4.78, 5) is 11.2. The maximum atomic E-state index is 11.2. The van der Waals surface area contributed by atoms with Gasteiger partial charge in [0.25, 0.3) is 0 Å². The predicted octanol–water partition coefficient (Wildman–Crippen LogP) is 2.54. The van der Waals surface area contributed by atoms with Crippen molar-refractivity contribution in [2.45, 2.75) is 59.0 Å². The summed E-state index contributed by atoms with van der Waals surface area (Å²) in [5.41, 5.74) is -0.862. The fraction of sp³-hybridized carbons (Fsp3) is 0.909. The molecule has 0 aliphatic rings. The maximum Gasteiger partial charge on any atom is 0.135 e. The van der Waals surface area contributed by atoms with E-state index in [1.54, 1.807) is 20.8 Å². The topological polar surface area (TPSA) is 37.3 Å². The first-order chi connectivity index (χ1) is 5.89. The summed E-state index contributed by atoms with van der Waals surface area (Å²) in [6.45, 7) is 7.12. The smallest absolute Gasteiger partial charge is 0.135 e. The molecule has 0 radical (unpaired) electrons. The molecule has 1 N–H and O–H groups in total. The summed E-state index contributed by atoms with van der Waals surface area (Å²) in [5, 5.41) is 9.73. The fourth-order valence-electron chi connectivity index (χ4n) is 1.65. The monoisotopic (exact) mass is 186 g/mol. The molecule has 0 saturated carbocycles. The molecule has 0 spiro atoms. The van der Waals surface area contributed by atoms with Crippen LogP contribution in [0.4, 0.5) is 0 Å². The molecule has 1 unspecified atom stereocenters. The van der Waals surface area contributed by atoms with Gasteiger partial charge in [-0.15, -0.1) is 0 Å². The lowest BCUT2D eigenvalue weighted by atomic mass is 9.84. The van der Waals surface area contributed by atoms with E-state index in [4.69, 9.17) is 0 Å². The van der Waals surface area contributed by atoms with Gasteiger partial charge in [-0.05, 0) is 27.2 Å². The van der Waals surface area contributed by atoms with Crippen LogP contribution in [0.1, 0.15) is 53.4 Å². The van der Waals surface area contributed by atoms with Crippen LogP contribution >= 0.6 is 0 Å². The second-order valence-electron chi connectivity index (χ2n) is 4.31. The predicted molar refractivity (Wildman–Crippen MR) is 54.6 cm³/mol. The van der Waals surface area contributed by atoms with Gasteiger partial charge in [-0.25, -0.2) is 0 Å². The Balaban J connectivity index is 4.04. The third kappa shape index (κ3) is 5.04. The zero-order valence-corrected chi connectivity index (χ0v) is 9.26. The Labute approximate surface area is 81.3 Å². The van der Waals surface area contributed by atoms with Gasteiger partial charge in [0.05, 0.1) is 5.60 Å². The number of hydrogen-bond acceptors (Lipinski definition) is 2. The first-order valence-electron chi connectivity index (χ1n) is 5.12. The van der Waals surface area contributed by atoms with Gasteiger partial charge in [-0.1, -0.05) is 26.2 Å². The molecule has 0 aromatic carbocycles. The number of aliphatic hydroxyl groups is 1. The van der Waals surface area contributed by atoms with E-state index < -0.39 is 5.60 Å². The van der Waals surface area contributed by atoms with E-state index in [9.17, 15) is 9.90 Å². The molecule has 0 aliphatic heterocycles. The van der Waals surface area contributed by atoms with Crippen LogP contribution in [0, 0.1) is 5.92 Å². The zero-order chi connectivity index (χ0) is 10.5. The Bertz CT molecular complexity index is 156. The summed E-state index contributed by atoms with van der Waals surface area (Å²) in [6, 6.07) is 0. The first-order valence-corrected chi connectivity index (χ1v) is 5.12. The lowest BCUT2D eigenvalue weighted by Crippen LogP contribution is -2.35. The molecule has 0 aliphatic carbocycles. The normalized spacial score (nSPS) is 14.2. The van der Waals surface area contributed by atoms with Gasteiger partial charge in [0.15, 0.2) is 0 Å². The molecule has 0 rings (SSSR count). The molecule has 0 fully saturated rings. The van der Waals surface area contributed by atoms with Crippen molar-refractivity contribution >= 4 is 5.78 Å². The van der Waals surface area contributed by atoms with Crippen molar-refractivity contribution < 1.29 is 9.90 Å².